The van der Waals surface area contributed by atoms with Crippen molar-refractivity contribution in [1.29, 1.82) is 0 Å². The summed E-state index contributed by atoms with van der Waals surface area (Å²) in [7, 11) is 1.63. The van der Waals surface area contributed by atoms with Gasteiger partial charge in [0.15, 0.2) is 6.29 Å². The van der Waals surface area contributed by atoms with E-state index in [0.717, 1.165) is 16.9 Å². The zero-order valence-electron chi connectivity index (χ0n) is 11.0. The third-order valence-corrected chi connectivity index (χ3v) is 2.85. The first kappa shape index (κ1) is 13.6. The van der Waals surface area contributed by atoms with E-state index < -0.39 is 6.29 Å². The van der Waals surface area contributed by atoms with E-state index in [1.807, 2.05) is 54.6 Å². The van der Waals surface area contributed by atoms with Gasteiger partial charge < -0.3 is 14.6 Å². The lowest BCUT2D eigenvalue weighted by molar-refractivity contribution is -0.106. The average Bonchev–Trinajstić information content (AvgIpc) is 2.47. The summed E-state index contributed by atoms with van der Waals surface area (Å²) in [5, 5.41) is 9.84. The molecular weight excluding hydrogens is 240 g/mol. The molecule has 0 saturated heterocycles. The molecule has 3 nitrogen and oxygen atoms in total. The molecule has 0 aliphatic carbocycles. The zero-order chi connectivity index (χ0) is 13.5. The normalized spacial score (nSPS) is 12.1. The Morgan fingerprint density at radius 1 is 0.947 bits per heavy atom. The van der Waals surface area contributed by atoms with Gasteiger partial charge in [0.05, 0.1) is 13.7 Å². The van der Waals surface area contributed by atoms with Crippen molar-refractivity contribution in [1.82, 2.24) is 0 Å². The van der Waals surface area contributed by atoms with Crippen LogP contribution in [0.3, 0.4) is 0 Å². The Labute approximate surface area is 113 Å². The minimum absolute atomic E-state index is 0.415. The van der Waals surface area contributed by atoms with Gasteiger partial charge >= 0.3 is 0 Å². The molecule has 0 aromatic heterocycles. The van der Waals surface area contributed by atoms with Gasteiger partial charge in [-0.05, 0) is 23.3 Å². The van der Waals surface area contributed by atoms with Crippen molar-refractivity contribution in [3.63, 3.8) is 0 Å². The fraction of sp³-hybridized carbons (Fsp3) is 0.250. The van der Waals surface area contributed by atoms with Crippen molar-refractivity contribution in [3.8, 4) is 5.75 Å². The number of hydrogen-bond donors (Lipinski definition) is 1. The molecule has 0 fully saturated rings. The van der Waals surface area contributed by atoms with E-state index in [2.05, 4.69) is 0 Å². The molecule has 0 saturated carbocycles. The predicted octanol–water partition coefficient (Wildman–Crippen LogP) is 2.77. The molecule has 0 aliphatic heterocycles. The SMILES string of the molecule is COc1ccc(C[C@H](O)OCc2ccccc2)cc1. The summed E-state index contributed by atoms with van der Waals surface area (Å²) in [6.07, 6.45) is -0.329. The molecule has 2 aromatic rings. The second-order valence-corrected chi connectivity index (χ2v) is 4.30. The number of methoxy groups -OCH3 is 1. The van der Waals surface area contributed by atoms with Crippen molar-refractivity contribution in [2.45, 2.75) is 19.3 Å². The minimum Gasteiger partial charge on any atom is -0.497 e. The van der Waals surface area contributed by atoms with Crippen LogP contribution < -0.4 is 4.74 Å². The van der Waals surface area contributed by atoms with Crippen LogP contribution in [0.4, 0.5) is 0 Å². The molecule has 19 heavy (non-hydrogen) atoms. The summed E-state index contributed by atoms with van der Waals surface area (Å²) in [6.45, 7) is 0.415. The number of aliphatic hydroxyl groups is 1. The molecule has 0 heterocycles. The molecule has 0 amide bonds. The Morgan fingerprint density at radius 3 is 2.26 bits per heavy atom. The molecular formula is C16H18O3. The van der Waals surface area contributed by atoms with Gasteiger partial charge in [-0.1, -0.05) is 42.5 Å². The summed E-state index contributed by atoms with van der Waals surface area (Å²) in [5.41, 5.74) is 2.07. The van der Waals surface area contributed by atoms with Crippen molar-refractivity contribution < 1.29 is 14.6 Å². The lowest BCUT2D eigenvalue weighted by Gasteiger charge is -2.12. The second-order valence-electron chi connectivity index (χ2n) is 4.30. The lowest BCUT2D eigenvalue weighted by atomic mass is 10.1. The summed E-state index contributed by atoms with van der Waals surface area (Å²) in [4.78, 5) is 0. The topological polar surface area (TPSA) is 38.7 Å². The van der Waals surface area contributed by atoms with Crippen molar-refractivity contribution in [2.75, 3.05) is 7.11 Å². The van der Waals surface area contributed by atoms with Crippen LogP contribution in [-0.2, 0) is 17.8 Å². The first-order chi connectivity index (χ1) is 9.28. The van der Waals surface area contributed by atoms with Crippen LogP contribution in [0.15, 0.2) is 54.6 Å². The molecule has 0 aliphatic rings. The summed E-state index contributed by atoms with van der Waals surface area (Å²) in [5.74, 6) is 0.809. The maximum absolute atomic E-state index is 9.84. The lowest BCUT2D eigenvalue weighted by Crippen LogP contribution is -2.14. The number of rotatable bonds is 6. The third kappa shape index (κ3) is 4.39. The van der Waals surface area contributed by atoms with Gasteiger partial charge in [-0.25, -0.2) is 0 Å². The average molecular weight is 258 g/mol. The molecule has 1 N–H and O–H groups in total. The molecule has 0 bridgehead atoms. The van der Waals surface area contributed by atoms with Gasteiger partial charge in [0.2, 0.25) is 0 Å². The Kier molecular flexibility index (Phi) is 4.95. The highest BCUT2D eigenvalue weighted by molar-refractivity contribution is 5.27. The molecule has 100 valence electrons. The Bertz CT molecular complexity index is 479. The van der Waals surface area contributed by atoms with Crippen LogP contribution >= 0.6 is 0 Å². The fourth-order valence-electron chi connectivity index (χ4n) is 1.79. The van der Waals surface area contributed by atoms with Gasteiger partial charge in [0, 0.05) is 6.42 Å². The van der Waals surface area contributed by atoms with Gasteiger partial charge in [0.1, 0.15) is 5.75 Å². The Balaban J connectivity index is 1.82. The smallest absolute Gasteiger partial charge is 0.159 e. The van der Waals surface area contributed by atoms with E-state index in [-0.39, 0.29) is 0 Å². The van der Waals surface area contributed by atoms with Gasteiger partial charge in [-0.3, -0.25) is 0 Å². The summed E-state index contributed by atoms with van der Waals surface area (Å²) >= 11 is 0. The second kappa shape index (κ2) is 6.92. The van der Waals surface area contributed by atoms with Crippen molar-refractivity contribution in [3.05, 3.63) is 65.7 Å². The zero-order valence-corrected chi connectivity index (χ0v) is 11.0. The molecule has 2 aromatic carbocycles. The van der Waals surface area contributed by atoms with E-state index in [1.54, 1.807) is 7.11 Å². The predicted molar refractivity (Wildman–Crippen MR) is 73.9 cm³/mol. The summed E-state index contributed by atoms with van der Waals surface area (Å²) < 4.78 is 10.5. The number of ether oxygens (including phenoxy) is 2. The number of benzene rings is 2. The monoisotopic (exact) mass is 258 g/mol. The van der Waals surface area contributed by atoms with Crippen LogP contribution in [0.2, 0.25) is 0 Å². The number of aliphatic hydroxyl groups excluding tert-OH is 1. The highest BCUT2D eigenvalue weighted by Gasteiger charge is 2.06. The first-order valence-electron chi connectivity index (χ1n) is 6.24. The highest BCUT2D eigenvalue weighted by atomic mass is 16.6. The van der Waals surface area contributed by atoms with E-state index in [1.165, 1.54) is 0 Å². The molecule has 0 radical (unpaired) electrons. The molecule has 0 spiro atoms. The molecule has 2 rings (SSSR count). The van der Waals surface area contributed by atoms with Crippen LogP contribution in [0.25, 0.3) is 0 Å². The third-order valence-electron chi connectivity index (χ3n) is 2.85. The van der Waals surface area contributed by atoms with Crippen LogP contribution in [0.1, 0.15) is 11.1 Å². The van der Waals surface area contributed by atoms with E-state index in [0.29, 0.717) is 13.0 Å². The van der Waals surface area contributed by atoms with E-state index in [9.17, 15) is 5.11 Å². The molecule has 3 heteroatoms. The van der Waals surface area contributed by atoms with Crippen LogP contribution in [0.5, 0.6) is 5.75 Å². The van der Waals surface area contributed by atoms with Gasteiger partial charge in [-0.15, -0.1) is 0 Å². The summed E-state index contributed by atoms with van der Waals surface area (Å²) in [6, 6.07) is 17.4. The van der Waals surface area contributed by atoms with Gasteiger partial charge in [0.25, 0.3) is 0 Å². The maximum atomic E-state index is 9.84. The number of hydrogen-bond acceptors (Lipinski definition) is 3. The van der Waals surface area contributed by atoms with Gasteiger partial charge in [-0.2, -0.15) is 0 Å². The maximum Gasteiger partial charge on any atom is 0.159 e. The standard InChI is InChI=1S/C16H18O3/c1-18-15-9-7-13(8-10-15)11-16(17)19-12-14-5-3-2-4-6-14/h2-10,16-17H,11-12H2,1H3/t16-/m1/s1. The minimum atomic E-state index is -0.798. The van der Waals surface area contributed by atoms with E-state index in [4.69, 9.17) is 9.47 Å². The van der Waals surface area contributed by atoms with E-state index >= 15 is 0 Å². The first-order valence-corrected chi connectivity index (χ1v) is 6.24. The molecule has 1 atom stereocenters. The largest absolute Gasteiger partial charge is 0.497 e. The van der Waals surface area contributed by atoms with Crippen LogP contribution in [-0.4, -0.2) is 18.5 Å². The van der Waals surface area contributed by atoms with Crippen molar-refractivity contribution >= 4 is 0 Å². The molecule has 0 unspecified atom stereocenters. The Hall–Kier alpha value is -1.84. The van der Waals surface area contributed by atoms with Crippen molar-refractivity contribution in [2.24, 2.45) is 0 Å². The fourth-order valence-corrected chi connectivity index (χ4v) is 1.79. The highest BCUT2D eigenvalue weighted by Crippen LogP contribution is 2.13. The van der Waals surface area contributed by atoms with Crippen LogP contribution in [0, 0.1) is 0 Å². The Morgan fingerprint density at radius 2 is 1.63 bits per heavy atom. The quantitative estimate of drug-likeness (QED) is 0.810.